The fourth-order valence-electron chi connectivity index (χ4n) is 1.75. The number of hydrogen-bond donors (Lipinski definition) is 1. The Balaban J connectivity index is 2.56. The maximum absolute atomic E-state index is 6.31. The van der Waals surface area contributed by atoms with Gasteiger partial charge in [-0.1, -0.05) is 11.6 Å². The van der Waals surface area contributed by atoms with E-state index in [9.17, 15) is 0 Å². The van der Waals surface area contributed by atoms with Gasteiger partial charge >= 0.3 is 0 Å². The normalized spacial score (nSPS) is 11.8. The van der Waals surface area contributed by atoms with Crippen molar-refractivity contribution in [2.45, 2.75) is 19.4 Å². The quantitative estimate of drug-likeness (QED) is 0.831. The monoisotopic (exact) mass is 375 g/mol. The lowest BCUT2D eigenvalue weighted by atomic mass is 10.0. The van der Waals surface area contributed by atoms with Crippen LogP contribution in [0.2, 0.25) is 5.02 Å². The molecule has 1 aromatic carbocycles. The first-order valence-electron chi connectivity index (χ1n) is 5.63. The van der Waals surface area contributed by atoms with Gasteiger partial charge in [-0.05, 0) is 61.7 Å². The summed E-state index contributed by atoms with van der Waals surface area (Å²) in [6, 6.07) is 6.01. The topological polar surface area (TPSA) is 29.9 Å². The predicted molar refractivity (Wildman–Crippen MR) is 83.4 cm³/mol. The summed E-state index contributed by atoms with van der Waals surface area (Å²) >= 11 is 8.56. The largest absolute Gasteiger partial charge is 0.310 e. The third-order valence-electron chi connectivity index (χ3n) is 3.07. The number of rotatable bonds is 3. The van der Waals surface area contributed by atoms with Gasteiger partial charge in [0.1, 0.15) is 0 Å². The van der Waals surface area contributed by atoms with Gasteiger partial charge in [-0.2, -0.15) is 0 Å². The van der Waals surface area contributed by atoms with E-state index < -0.39 is 0 Å². The van der Waals surface area contributed by atoms with Crippen molar-refractivity contribution in [3.63, 3.8) is 0 Å². The molecule has 0 spiro atoms. The summed E-state index contributed by atoms with van der Waals surface area (Å²) in [6.07, 6.45) is 3.66. The van der Waals surface area contributed by atoms with Crippen LogP contribution in [0.25, 0.3) is 5.69 Å². The highest BCUT2D eigenvalue weighted by molar-refractivity contribution is 14.1. The second-order valence-corrected chi connectivity index (χ2v) is 6.27. The lowest BCUT2D eigenvalue weighted by molar-refractivity contribution is 0.425. The number of imidazole rings is 1. The molecular weight excluding hydrogens is 361 g/mol. The Hall–Kier alpha value is -0.590. The third-order valence-corrected chi connectivity index (χ3v) is 4.05. The minimum atomic E-state index is -0.164. The van der Waals surface area contributed by atoms with Crippen LogP contribution in [0, 0.1) is 3.57 Å². The standard InChI is InChI=1S/C13H15ClIN3/c1-13(2,16-3)12-7-17-8-18(12)11-5-4-9(15)6-10(11)14/h4-8,16H,1-3H3. The zero-order valence-electron chi connectivity index (χ0n) is 10.5. The Labute approximate surface area is 126 Å². The molecular formula is C13H15ClIN3. The van der Waals surface area contributed by atoms with Crippen LogP contribution in [0.4, 0.5) is 0 Å². The molecule has 0 amide bonds. The van der Waals surface area contributed by atoms with Crippen LogP contribution in [-0.2, 0) is 5.54 Å². The summed E-state index contributed by atoms with van der Waals surface area (Å²) in [7, 11) is 1.94. The van der Waals surface area contributed by atoms with Crippen molar-refractivity contribution in [3.05, 3.63) is 45.0 Å². The Morgan fingerprint density at radius 2 is 2.11 bits per heavy atom. The molecule has 0 saturated heterocycles. The summed E-state index contributed by atoms with van der Waals surface area (Å²) in [5, 5.41) is 4.01. The van der Waals surface area contributed by atoms with Crippen LogP contribution < -0.4 is 5.32 Å². The van der Waals surface area contributed by atoms with Crippen molar-refractivity contribution in [1.82, 2.24) is 14.9 Å². The van der Waals surface area contributed by atoms with Crippen molar-refractivity contribution in [1.29, 1.82) is 0 Å². The van der Waals surface area contributed by atoms with Crippen LogP contribution in [0.3, 0.4) is 0 Å². The second-order valence-electron chi connectivity index (χ2n) is 4.62. The molecule has 1 aromatic heterocycles. The molecule has 0 saturated carbocycles. The molecule has 0 fully saturated rings. The van der Waals surface area contributed by atoms with Crippen LogP contribution in [0.15, 0.2) is 30.7 Å². The molecule has 1 heterocycles. The van der Waals surface area contributed by atoms with Crippen LogP contribution in [-0.4, -0.2) is 16.6 Å². The highest BCUT2D eigenvalue weighted by Gasteiger charge is 2.23. The Bertz CT molecular complexity index is 563. The maximum Gasteiger partial charge on any atom is 0.0995 e. The van der Waals surface area contributed by atoms with Gasteiger partial charge < -0.3 is 5.32 Å². The minimum Gasteiger partial charge on any atom is -0.310 e. The Kier molecular flexibility index (Phi) is 3.99. The van der Waals surface area contributed by atoms with E-state index in [1.54, 1.807) is 6.33 Å². The second kappa shape index (κ2) is 5.19. The van der Waals surface area contributed by atoms with E-state index in [-0.39, 0.29) is 5.54 Å². The van der Waals surface area contributed by atoms with Crippen LogP contribution >= 0.6 is 34.2 Å². The summed E-state index contributed by atoms with van der Waals surface area (Å²) in [4.78, 5) is 4.24. The summed E-state index contributed by atoms with van der Waals surface area (Å²) in [5.41, 5.74) is 1.86. The molecule has 0 atom stereocenters. The summed E-state index contributed by atoms with van der Waals surface area (Å²) < 4.78 is 3.14. The van der Waals surface area contributed by atoms with E-state index in [0.717, 1.165) is 20.0 Å². The molecule has 0 aliphatic carbocycles. The molecule has 3 nitrogen and oxygen atoms in total. The van der Waals surface area contributed by atoms with Gasteiger partial charge in [-0.3, -0.25) is 4.57 Å². The van der Waals surface area contributed by atoms with Crippen molar-refractivity contribution in [2.75, 3.05) is 7.05 Å². The zero-order valence-corrected chi connectivity index (χ0v) is 13.5. The molecule has 0 aliphatic heterocycles. The predicted octanol–water partition coefficient (Wildman–Crippen LogP) is 3.58. The van der Waals surface area contributed by atoms with Crippen molar-refractivity contribution >= 4 is 34.2 Å². The average Bonchev–Trinajstić information content (AvgIpc) is 2.78. The molecule has 0 radical (unpaired) electrons. The van der Waals surface area contributed by atoms with Crippen molar-refractivity contribution in [3.8, 4) is 5.69 Å². The van der Waals surface area contributed by atoms with Gasteiger partial charge in [-0.15, -0.1) is 0 Å². The molecule has 5 heteroatoms. The summed E-state index contributed by atoms with van der Waals surface area (Å²) in [5.74, 6) is 0. The number of aromatic nitrogens is 2. The zero-order chi connectivity index (χ0) is 13.3. The Morgan fingerprint density at radius 3 is 2.72 bits per heavy atom. The lowest BCUT2D eigenvalue weighted by Gasteiger charge is -2.25. The van der Waals surface area contributed by atoms with E-state index in [0.29, 0.717) is 0 Å². The van der Waals surface area contributed by atoms with Crippen LogP contribution in [0.5, 0.6) is 0 Å². The van der Waals surface area contributed by atoms with Crippen molar-refractivity contribution in [2.24, 2.45) is 0 Å². The van der Waals surface area contributed by atoms with E-state index in [2.05, 4.69) is 46.7 Å². The SMILES string of the molecule is CNC(C)(C)c1cncn1-c1ccc(I)cc1Cl. The minimum absolute atomic E-state index is 0.164. The van der Waals surface area contributed by atoms with E-state index in [4.69, 9.17) is 11.6 Å². The summed E-state index contributed by atoms with van der Waals surface area (Å²) in [6.45, 7) is 4.22. The van der Waals surface area contributed by atoms with Gasteiger partial charge in [0.2, 0.25) is 0 Å². The third kappa shape index (κ3) is 2.55. The van der Waals surface area contributed by atoms with Gasteiger partial charge in [-0.25, -0.2) is 4.98 Å². The molecule has 0 unspecified atom stereocenters. The molecule has 18 heavy (non-hydrogen) atoms. The first-order chi connectivity index (χ1) is 8.45. The fraction of sp³-hybridized carbons (Fsp3) is 0.308. The van der Waals surface area contributed by atoms with E-state index in [1.807, 2.05) is 36.0 Å². The van der Waals surface area contributed by atoms with E-state index in [1.165, 1.54) is 0 Å². The van der Waals surface area contributed by atoms with Gasteiger partial charge in [0.25, 0.3) is 0 Å². The highest BCUT2D eigenvalue weighted by atomic mass is 127. The number of benzene rings is 1. The van der Waals surface area contributed by atoms with Gasteiger partial charge in [0.05, 0.1) is 34.5 Å². The average molecular weight is 376 g/mol. The van der Waals surface area contributed by atoms with Gasteiger partial charge in [0, 0.05) is 3.57 Å². The van der Waals surface area contributed by atoms with Crippen molar-refractivity contribution < 1.29 is 0 Å². The maximum atomic E-state index is 6.31. The number of hydrogen-bond acceptors (Lipinski definition) is 2. The van der Waals surface area contributed by atoms with Gasteiger partial charge in [0.15, 0.2) is 0 Å². The lowest BCUT2D eigenvalue weighted by Crippen LogP contribution is -2.35. The van der Waals surface area contributed by atoms with Crippen LogP contribution in [0.1, 0.15) is 19.5 Å². The first kappa shape index (κ1) is 13.8. The Morgan fingerprint density at radius 1 is 1.39 bits per heavy atom. The smallest absolute Gasteiger partial charge is 0.0995 e. The number of nitrogens with zero attached hydrogens (tertiary/aromatic N) is 2. The molecule has 1 N–H and O–H groups in total. The molecule has 2 aromatic rings. The van der Waals surface area contributed by atoms with E-state index >= 15 is 0 Å². The first-order valence-corrected chi connectivity index (χ1v) is 7.08. The highest BCUT2D eigenvalue weighted by Crippen LogP contribution is 2.27. The molecule has 2 rings (SSSR count). The molecule has 0 bridgehead atoms. The number of nitrogens with one attached hydrogen (secondary N) is 1. The fourth-order valence-corrected chi connectivity index (χ4v) is 2.70. The molecule has 96 valence electrons. The number of halogens is 2. The molecule has 0 aliphatic rings.